The second-order valence-electron chi connectivity index (χ2n) is 4.52. The minimum atomic E-state index is -4.31. The molecule has 0 N–H and O–H groups in total. The number of halogens is 4. The zero-order valence-electron chi connectivity index (χ0n) is 11.2. The minimum Gasteiger partial charge on any atom is -0.493 e. The molecule has 2 rings (SSSR count). The second kappa shape index (κ2) is 6.35. The van der Waals surface area contributed by atoms with Crippen LogP contribution in [0.25, 0.3) is 0 Å². The minimum absolute atomic E-state index is 0.354. The van der Waals surface area contributed by atoms with Crippen LogP contribution in [0.5, 0.6) is 5.75 Å². The highest BCUT2D eigenvalue weighted by atomic mass is 35.5. The van der Waals surface area contributed by atoms with Gasteiger partial charge in [0.15, 0.2) is 0 Å². The molecule has 0 saturated carbocycles. The number of hydrogen-bond acceptors (Lipinski definition) is 2. The smallest absolute Gasteiger partial charge is 0.416 e. The Balaban J connectivity index is 1.93. The zero-order valence-corrected chi connectivity index (χ0v) is 12.0. The zero-order chi connectivity index (χ0) is 15.5. The number of ether oxygens (including phenoxy) is 1. The number of pyridine rings is 1. The Bertz CT molecular complexity index is 611. The van der Waals surface area contributed by atoms with Gasteiger partial charge < -0.3 is 4.74 Å². The molecule has 0 amide bonds. The lowest BCUT2D eigenvalue weighted by Gasteiger charge is -2.10. The topological polar surface area (TPSA) is 22.1 Å². The van der Waals surface area contributed by atoms with Crippen LogP contribution in [0.3, 0.4) is 0 Å². The van der Waals surface area contributed by atoms with E-state index in [1.54, 1.807) is 19.2 Å². The molecule has 0 spiro atoms. The predicted molar refractivity (Wildman–Crippen MR) is 74.6 cm³/mol. The van der Waals surface area contributed by atoms with Crippen LogP contribution in [0.4, 0.5) is 13.2 Å². The Morgan fingerprint density at radius 3 is 2.43 bits per heavy atom. The monoisotopic (exact) mass is 315 g/mol. The first-order chi connectivity index (χ1) is 9.88. The molecule has 0 saturated heterocycles. The van der Waals surface area contributed by atoms with Crippen molar-refractivity contribution in [2.75, 3.05) is 6.61 Å². The van der Waals surface area contributed by atoms with Crippen molar-refractivity contribution in [3.8, 4) is 5.75 Å². The quantitative estimate of drug-likeness (QED) is 0.764. The molecule has 1 heterocycles. The van der Waals surface area contributed by atoms with Gasteiger partial charge in [0.25, 0.3) is 0 Å². The third-order valence-corrected chi connectivity index (χ3v) is 3.40. The molecule has 2 aromatic rings. The van der Waals surface area contributed by atoms with E-state index in [0.717, 1.165) is 23.3 Å². The maximum absolute atomic E-state index is 12.4. The predicted octanol–water partition coefficient (Wildman–Crippen LogP) is 4.68. The van der Waals surface area contributed by atoms with Crippen molar-refractivity contribution in [3.05, 3.63) is 58.4 Å². The summed E-state index contributed by atoms with van der Waals surface area (Å²) in [6.07, 6.45) is -2.25. The van der Waals surface area contributed by atoms with E-state index in [1.807, 2.05) is 0 Å². The third kappa shape index (κ3) is 4.11. The van der Waals surface area contributed by atoms with Crippen LogP contribution in [0.2, 0.25) is 5.15 Å². The lowest BCUT2D eigenvalue weighted by atomic mass is 10.1. The van der Waals surface area contributed by atoms with Crippen LogP contribution >= 0.6 is 11.6 Å². The molecule has 1 aromatic carbocycles. The normalized spacial score (nSPS) is 11.5. The summed E-state index contributed by atoms with van der Waals surface area (Å²) in [5.74, 6) is 0.627. The fraction of sp³-hybridized carbons (Fsp3) is 0.267. The lowest BCUT2D eigenvalue weighted by Crippen LogP contribution is -2.06. The highest BCUT2D eigenvalue weighted by Gasteiger charge is 2.29. The van der Waals surface area contributed by atoms with Gasteiger partial charge in [-0.3, -0.25) is 0 Å². The van der Waals surface area contributed by atoms with Gasteiger partial charge in [-0.15, -0.1) is 0 Å². The molecule has 0 aliphatic carbocycles. The van der Waals surface area contributed by atoms with Crippen molar-refractivity contribution in [1.29, 1.82) is 0 Å². The van der Waals surface area contributed by atoms with E-state index in [4.69, 9.17) is 16.3 Å². The van der Waals surface area contributed by atoms with Gasteiger partial charge >= 0.3 is 6.18 Å². The maximum atomic E-state index is 12.4. The number of alkyl halides is 3. The van der Waals surface area contributed by atoms with E-state index in [-0.39, 0.29) is 0 Å². The summed E-state index contributed by atoms with van der Waals surface area (Å²) in [6, 6.07) is 6.76. The van der Waals surface area contributed by atoms with Crippen molar-refractivity contribution < 1.29 is 17.9 Å². The van der Waals surface area contributed by atoms with E-state index in [1.165, 1.54) is 12.1 Å². The molecule has 1 aromatic heterocycles. The van der Waals surface area contributed by atoms with Gasteiger partial charge in [-0.2, -0.15) is 13.2 Å². The van der Waals surface area contributed by atoms with Gasteiger partial charge in [0.1, 0.15) is 10.9 Å². The molecule has 2 nitrogen and oxygen atoms in total. The van der Waals surface area contributed by atoms with Crippen LogP contribution in [-0.4, -0.2) is 11.6 Å². The molecule has 6 heteroatoms. The Morgan fingerprint density at radius 2 is 1.81 bits per heavy atom. The summed E-state index contributed by atoms with van der Waals surface area (Å²) in [5, 5.41) is 0.377. The molecule has 112 valence electrons. The van der Waals surface area contributed by atoms with E-state index >= 15 is 0 Å². The van der Waals surface area contributed by atoms with Crippen molar-refractivity contribution in [2.45, 2.75) is 19.5 Å². The number of nitrogens with zero attached hydrogens (tertiary/aromatic N) is 1. The van der Waals surface area contributed by atoms with Crippen molar-refractivity contribution in [2.24, 2.45) is 0 Å². The van der Waals surface area contributed by atoms with Gasteiger partial charge in [0, 0.05) is 18.2 Å². The second-order valence-corrected chi connectivity index (χ2v) is 4.88. The van der Waals surface area contributed by atoms with Crippen LogP contribution in [0, 0.1) is 6.92 Å². The SMILES string of the molecule is Cc1c(OCCc2ccc(C(F)(F)F)cc2)ccnc1Cl. The largest absolute Gasteiger partial charge is 0.493 e. The number of hydrogen-bond donors (Lipinski definition) is 0. The summed E-state index contributed by atoms with van der Waals surface area (Å²) >= 11 is 5.87. The fourth-order valence-electron chi connectivity index (χ4n) is 1.79. The van der Waals surface area contributed by atoms with Crippen LogP contribution in [0.1, 0.15) is 16.7 Å². The van der Waals surface area contributed by atoms with Crippen molar-refractivity contribution in [3.63, 3.8) is 0 Å². The van der Waals surface area contributed by atoms with Gasteiger partial charge in [-0.25, -0.2) is 4.98 Å². The Kier molecular flexibility index (Phi) is 4.73. The van der Waals surface area contributed by atoms with Crippen molar-refractivity contribution in [1.82, 2.24) is 4.98 Å². The molecule has 0 unspecified atom stereocenters. The lowest BCUT2D eigenvalue weighted by molar-refractivity contribution is -0.137. The average molecular weight is 316 g/mol. The van der Waals surface area contributed by atoms with Gasteiger partial charge in [0.05, 0.1) is 12.2 Å². The summed E-state index contributed by atoms with van der Waals surface area (Å²) in [5.41, 5.74) is 0.872. The summed E-state index contributed by atoms with van der Waals surface area (Å²) in [7, 11) is 0. The molecule has 0 radical (unpaired) electrons. The summed E-state index contributed by atoms with van der Waals surface area (Å²) in [6.45, 7) is 2.15. The first-order valence-corrected chi connectivity index (χ1v) is 6.66. The van der Waals surface area contributed by atoms with Gasteiger partial charge in [-0.05, 0) is 30.7 Å². The fourth-order valence-corrected chi connectivity index (χ4v) is 1.94. The van der Waals surface area contributed by atoms with E-state index in [9.17, 15) is 13.2 Å². The van der Waals surface area contributed by atoms with Crippen LogP contribution in [-0.2, 0) is 12.6 Å². The molecule has 0 fully saturated rings. The number of rotatable bonds is 4. The average Bonchev–Trinajstić information content (AvgIpc) is 2.43. The van der Waals surface area contributed by atoms with Crippen LogP contribution < -0.4 is 4.74 Å². The Hall–Kier alpha value is -1.75. The first-order valence-electron chi connectivity index (χ1n) is 6.28. The molecular formula is C15H13ClF3NO. The molecule has 0 bridgehead atoms. The van der Waals surface area contributed by atoms with E-state index < -0.39 is 11.7 Å². The number of aromatic nitrogens is 1. The third-order valence-electron chi connectivity index (χ3n) is 3.02. The first kappa shape index (κ1) is 15.6. The maximum Gasteiger partial charge on any atom is 0.416 e. The number of benzene rings is 1. The summed E-state index contributed by atoms with van der Waals surface area (Å²) < 4.78 is 42.9. The molecule has 21 heavy (non-hydrogen) atoms. The van der Waals surface area contributed by atoms with Crippen LogP contribution in [0.15, 0.2) is 36.5 Å². The summed E-state index contributed by atoms with van der Waals surface area (Å²) in [4.78, 5) is 3.92. The molecule has 0 aliphatic heterocycles. The Labute approximate surface area is 125 Å². The van der Waals surface area contributed by atoms with Gasteiger partial charge in [-0.1, -0.05) is 23.7 Å². The van der Waals surface area contributed by atoms with Gasteiger partial charge in [0.2, 0.25) is 0 Å². The van der Waals surface area contributed by atoms with E-state index in [2.05, 4.69) is 4.98 Å². The van der Waals surface area contributed by atoms with Crippen molar-refractivity contribution >= 4 is 11.6 Å². The highest BCUT2D eigenvalue weighted by Crippen LogP contribution is 2.29. The highest BCUT2D eigenvalue weighted by molar-refractivity contribution is 6.30. The molecular weight excluding hydrogens is 303 g/mol. The Morgan fingerprint density at radius 1 is 1.14 bits per heavy atom. The van der Waals surface area contributed by atoms with E-state index in [0.29, 0.717) is 23.9 Å². The molecule has 0 atom stereocenters. The standard InChI is InChI=1S/C15H13ClF3NO/c1-10-13(6-8-20-14(10)16)21-9-7-11-2-4-12(5-3-11)15(17,18)19/h2-6,8H,7,9H2,1H3. The molecule has 0 aliphatic rings.